The number of carbonyl (C=O) groups is 1. The minimum atomic E-state index is -0.295. The summed E-state index contributed by atoms with van der Waals surface area (Å²) in [5.41, 5.74) is 6.71. The Balaban J connectivity index is 2.01. The van der Waals surface area contributed by atoms with Crippen LogP contribution >= 0.6 is 0 Å². The van der Waals surface area contributed by atoms with Gasteiger partial charge >= 0.3 is 5.97 Å². The third kappa shape index (κ3) is 2.94. The van der Waals surface area contributed by atoms with Crippen LogP contribution in [0.15, 0.2) is 18.2 Å². The zero-order valence-electron chi connectivity index (χ0n) is 10.6. The maximum absolute atomic E-state index is 11.9. The Morgan fingerprint density at radius 3 is 2.61 bits per heavy atom. The van der Waals surface area contributed by atoms with Crippen molar-refractivity contribution >= 4 is 11.7 Å². The van der Waals surface area contributed by atoms with Crippen molar-refractivity contribution < 1.29 is 14.3 Å². The van der Waals surface area contributed by atoms with Crippen LogP contribution in [0.4, 0.5) is 5.69 Å². The van der Waals surface area contributed by atoms with Crippen molar-refractivity contribution in [3.05, 3.63) is 23.8 Å². The van der Waals surface area contributed by atoms with E-state index in [1.165, 1.54) is 6.42 Å². The smallest absolute Gasteiger partial charge is 0.338 e. The van der Waals surface area contributed by atoms with Crippen molar-refractivity contribution in [1.29, 1.82) is 0 Å². The number of nitrogens with two attached hydrogens (primary N) is 1. The summed E-state index contributed by atoms with van der Waals surface area (Å²) in [5, 5.41) is 0. The van der Waals surface area contributed by atoms with Crippen LogP contribution in [0.25, 0.3) is 0 Å². The number of benzene rings is 1. The van der Waals surface area contributed by atoms with Crippen LogP contribution in [0.3, 0.4) is 0 Å². The molecule has 1 aromatic carbocycles. The van der Waals surface area contributed by atoms with Gasteiger partial charge in [-0.1, -0.05) is 6.42 Å². The van der Waals surface area contributed by atoms with Gasteiger partial charge in [0.2, 0.25) is 0 Å². The lowest BCUT2D eigenvalue weighted by molar-refractivity contribution is 0.0211. The van der Waals surface area contributed by atoms with Crippen molar-refractivity contribution in [2.75, 3.05) is 12.8 Å². The molecule has 0 spiro atoms. The van der Waals surface area contributed by atoms with E-state index in [2.05, 4.69) is 0 Å². The zero-order chi connectivity index (χ0) is 13.0. The normalized spacial score (nSPS) is 16.3. The lowest BCUT2D eigenvalue weighted by Gasteiger charge is -2.21. The molecule has 1 saturated carbocycles. The molecule has 0 unspecified atom stereocenters. The van der Waals surface area contributed by atoms with E-state index < -0.39 is 0 Å². The van der Waals surface area contributed by atoms with E-state index >= 15 is 0 Å². The maximum atomic E-state index is 11.9. The van der Waals surface area contributed by atoms with Gasteiger partial charge in [-0.15, -0.1) is 0 Å². The third-order valence-electron chi connectivity index (χ3n) is 3.29. The van der Waals surface area contributed by atoms with E-state index in [0.29, 0.717) is 17.0 Å². The monoisotopic (exact) mass is 249 g/mol. The fourth-order valence-electron chi connectivity index (χ4n) is 2.26. The molecular formula is C14H19NO3. The van der Waals surface area contributed by atoms with Crippen LogP contribution in [-0.2, 0) is 4.74 Å². The summed E-state index contributed by atoms with van der Waals surface area (Å²) in [4.78, 5) is 11.9. The van der Waals surface area contributed by atoms with E-state index in [1.54, 1.807) is 25.3 Å². The maximum Gasteiger partial charge on any atom is 0.338 e. The van der Waals surface area contributed by atoms with E-state index in [4.69, 9.17) is 15.2 Å². The van der Waals surface area contributed by atoms with Crippen molar-refractivity contribution in [2.45, 2.75) is 38.2 Å². The van der Waals surface area contributed by atoms with Crippen molar-refractivity contribution in [3.63, 3.8) is 0 Å². The summed E-state index contributed by atoms with van der Waals surface area (Å²) < 4.78 is 10.5. The molecule has 0 aliphatic heterocycles. The molecule has 4 heteroatoms. The first kappa shape index (κ1) is 12.7. The van der Waals surface area contributed by atoms with Crippen LogP contribution in [0.1, 0.15) is 42.5 Å². The Bertz CT molecular complexity index is 425. The number of nitrogen functional groups attached to an aromatic ring is 1. The number of carbonyl (C=O) groups excluding carboxylic acids is 1. The second-order valence-corrected chi connectivity index (χ2v) is 4.62. The molecule has 0 heterocycles. The Morgan fingerprint density at radius 1 is 1.28 bits per heavy atom. The fraction of sp³-hybridized carbons (Fsp3) is 0.500. The number of ether oxygens (including phenoxy) is 2. The number of esters is 1. The van der Waals surface area contributed by atoms with Gasteiger partial charge in [-0.25, -0.2) is 4.79 Å². The van der Waals surface area contributed by atoms with E-state index in [1.807, 2.05) is 0 Å². The molecule has 1 aliphatic carbocycles. The topological polar surface area (TPSA) is 61.5 Å². The molecular weight excluding hydrogens is 230 g/mol. The summed E-state index contributed by atoms with van der Waals surface area (Å²) in [5.74, 6) is 0.278. The standard InChI is InChI=1S/C14H19NO3/c1-17-13-8-7-10(9-12(13)15)14(16)18-11-5-3-2-4-6-11/h7-9,11H,2-6,15H2,1H3. The second-order valence-electron chi connectivity index (χ2n) is 4.62. The number of rotatable bonds is 3. The second kappa shape index (κ2) is 5.76. The van der Waals surface area contributed by atoms with Crippen molar-refractivity contribution in [3.8, 4) is 5.75 Å². The lowest BCUT2D eigenvalue weighted by Crippen LogP contribution is -2.21. The number of hydrogen-bond donors (Lipinski definition) is 1. The van der Waals surface area contributed by atoms with Crippen LogP contribution in [-0.4, -0.2) is 19.2 Å². The highest BCUT2D eigenvalue weighted by Gasteiger charge is 2.19. The Kier molecular flexibility index (Phi) is 4.07. The average molecular weight is 249 g/mol. The lowest BCUT2D eigenvalue weighted by atomic mass is 9.98. The highest BCUT2D eigenvalue weighted by molar-refractivity contribution is 5.91. The minimum absolute atomic E-state index is 0.0644. The van der Waals surface area contributed by atoms with Gasteiger partial charge in [0.05, 0.1) is 18.4 Å². The molecule has 0 saturated heterocycles. The summed E-state index contributed by atoms with van der Waals surface area (Å²) in [6.45, 7) is 0. The first-order valence-electron chi connectivity index (χ1n) is 6.35. The summed E-state index contributed by atoms with van der Waals surface area (Å²) in [6, 6.07) is 4.97. The minimum Gasteiger partial charge on any atom is -0.495 e. The fourth-order valence-corrected chi connectivity index (χ4v) is 2.26. The van der Waals surface area contributed by atoms with Crippen LogP contribution < -0.4 is 10.5 Å². The molecule has 2 rings (SSSR count). The summed E-state index contributed by atoms with van der Waals surface area (Å²) in [6.07, 6.45) is 5.53. The first-order chi connectivity index (χ1) is 8.70. The van der Waals surface area contributed by atoms with Gasteiger partial charge in [-0.05, 0) is 43.9 Å². The molecule has 0 aromatic heterocycles. The molecule has 18 heavy (non-hydrogen) atoms. The number of hydrogen-bond acceptors (Lipinski definition) is 4. The molecule has 98 valence electrons. The van der Waals surface area contributed by atoms with Crippen molar-refractivity contribution in [2.24, 2.45) is 0 Å². The van der Waals surface area contributed by atoms with Crippen LogP contribution in [0, 0.1) is 0 Å². The summed E-state index contributed by atoms with van der Waals surface area (Å²) >= 11 is 0. The molecule has 0 amide bonds. The number of methoxy groups -OCH3 is 1. The van der Waals surface area contributed by atoms with Gasteiger partial charge in [-0.2, -0.15) is 0 Å². The Morgan fingerprint density at radius 2 is 2.00 bits per heavy atom. The van der Waals surface area contributed by atoms with Gasteiger partial charge in [0.1, 0.15) is 11.9 Å². The quantitative estimate of drug-likeness (QED) is 0.661. The van der Waals surface area contributed by atoms with Crippen LogP contribution in [0.2, 0.25) is 0 Å². The van der Waals surface area contributed by atoms with Crippen molar-refractivity contribution in [1.82, 2.24) is 0 Å². The first-order valence-corrected chi connectivity index (χ1v) is 6.35. The number of anilines is 1. The molecule has 1 fully saturated rings. The van der Waals surface area contributed by atoms with E-state index in [9.17, 15) is 4.79 Å². The largest absolute Gasteiger partial charge is 0.495 e. The summed E-state index contributed by atoms with van der Waals surface area (Å²) in [7, 11) is 1.55. The zero-order valence-corrected chi connectivity index (χ0v) is 10.6. The SMILES string of the molecule is COc1ccc(C(=O)OC2CCCCC2)cc1N. The predicted octanol–water partition coefficient (Wildman–Crippen LogP) is 2.77. The predicted molar refractivity (Wildman–Crippen MR) is 69.7 cm³/mol. The molecule has 0 atom stereocenters. The molecule has 1 aliphatic rings. The van der Waals surface area contributed by atoms with Gasteiger partial charge in [0.15, 0.2) is 0 Å². The van der Waals surface area contributed by atoms with E-state index in [0.717, 1.165) is 25.7 Å². The van der Waals surface area contributed by atoms with E-state index in [-0.39, 0.29) is 12.1 Å². The Labute approximate surface area is 107 Å². The third-order valence-corrected chi connectivity index (χ3v) is 3.29. The molecule has 0 radical (unpaired) electrons. The molecule has 2 N–H and O–H groups in total. The van der Waals surface area contributed by atoms with Gasteiger partial charge in [-0.3, -0.25) is 0 Å². The highest BCUT2D eigenvalue weighted by atomic mass is 16.5. The molecule has 0 bridgehead atoms. The van der Waals surface area contributed by atoms with Gasteiger partial charge < -0.3 is 15.2 Å². The molecule has 1 aromatic rings. The van der Waals surface area contributed by atoms with Crippen LogP contribution in [0.5, 0.6) is 5.75 Å². The highest BCUT2D eigenvalue weighted by Crippen LogP contribution is 2.24. The average Bonchev–Trinajstić information content (AvgIpc) is 2.39. The molecule has 4 nitrogen and oxygen atoms in total. The Hall–Kier alpha value is -1.71. The van der Waals surface area contributed by atoms with Gasteiger partial charge in [0.25, 0.3) is 0 Å². The van der Waals surface area contributed by atoms with Gasteiger partial charge in [0, 0.05) is 0 Å².